The van der Waals surface area contributed by atoms with Crippen molar-refractivity contribution in [2.45, 2.75) is 70.1 Å². The number of ether oxygens (including phenoxy) is 2. The van der Waals surface area contributed by atoms with Crippen molar-refractivity contribution in [1.82, 2.24) is 19.8 Å². The number of anilines is 1. The van der Waals surface area contributed by atoms with Crippen molar-refractivity contribution in [2.75, 3.05) is 44.7 Å². The Kier molecular flexibility index (Phi) is 9.03. The fraction of sp³-hybridized carbons (Fsp3) is 0.548. The Morgan fingerprint density at radius 3 is 2.85 bits per heavy atom. The molecule has 1 aromatic heterocycles. The van der Waals surface area contributed by atoms with Crippen LogP contribution < -0.4 is 14.4 Å². The smallest absolute Gasteiger partial charge is 0.318 e. The molecule has 0 radical (unpaired) electrons. The number of fused-ring (bicyclic) bond motifs is 1. The number of piperazine rings is 1. The monoisotopic (exact) mass is 562 g/mol. The number of carbonyl (C=O) groups is 1. The van der Waals surface area contributed by atoms with Gasteiger partial charge in [0.05, 0.1) is 24.2 Å². The molecule has 9 nitrogen and oxygen atoms in total. The highest BCUT2D eigenvalue weighted by atomic mass is 19.1. The van der Waals surface area contributed by atoms with E-state index in [0.29, 0.717) is 75.3 Å². The van der Waals surface area contributed by atoms with Crippen LogP contribution in [0.15, 0.2) is 30.9 Å². The lowest BCUT2D eigenvalue weighted by Crippen LogP contribution is -2.55. The zero-order chi connectivity index (χ0) is 28.9. The van der Waals surface area contributed by atoms with Crippen LogP contribution in [0.25, 0.3) is 0 Å². The Morgan fingerprint density at radius 2 is 2.12 bits per heavy atom. The van der Waals surface area contributed by atoms with E-state index in [9.17, 15) is 14.4 Å². The minimum Gasteiger partial charge on any atom is -0.490 e. The molecule has 5 rings (SSSR count). The maximum atomic E-state index is 14.3. The van der Waals surface area contributed by atoms with Crippen LogP contribution in [0.5, 0.6) is 11.8 Å². The summed E-state index contributed by atoms with van der Waals surface area (Å²) in [4.78, 5) is 28.5. The van der Waals surface area contributed by atoms with Crippen molar-refractivity contribution in [2.24, 2.45) is 0 Å². The average Bonchev–Trinajstić information content (AvgIpc) is 3.40. The van der Waals surface area contributed by atoms with Gasteiger partial charge in [-0.3, -0.25) is 4.79 Å². The second-order valence-electron chi connectivity index (χ2n) is 11.1. The topological polar surface area (TPSA) is 94.8 Å². The molecule has 1 amide bonds. The first-order valence-electron chi connectivity index (χ1n) is 14.6. The van der Waals surface area contributed by atoms with Crippen molar-refractivity contribution in [3.8, 4) is 17.8 Å². The lowest BCUT2D eigenvalue weighted by Gasteiger charge is -2.41. The summed E-state index contributed by atoms with van der Waals surface area (Å²) in [5.41, 5.74) is 2.49. The van der Waals surface area contributed by atoms with E-state index < -0.39 is 0 Å². The van der Waals surface area contributed by atoms with E-state index in [-0.39, 0.29) is 30.3 Å². The molecule has 2 aromatic rings. The van der Waals surface area contributed by atoms with Gasteiger partial charge >= 0.3 is 6.01 Å². The van der Waals surface area contributed by atoms with Crippen molar-refractivity contribution >= 4 is 11.7 Å². The number of nitriles is 1. The van der Waals surface area contributed by atoms with E-state index in [4.69, 9.17) is 19.4 Å². The third kappa shape index (κ3) is 6.30. The molecule has 4 heterocycles. The van der Waals surface area contributed by atoms with Gasteiger partial charge in [0.1, 0.15) is 30.1 Å². The number of aromatic nitrogens is 2. The predicted octanol–water partition coefficient (Wildman–Crippen LogP) is 3.70. The van der Waals surface area contributed by atoms with Crippen LogP contribution in [0.3, 0.4) is 0 Å². The number of rotatable bonds is 9. The van der Waals surface area contributed by atoms with Crippen molar-refractivity contribution in [3.05, 3.63) is 53.5 Å². The van der Waals surface area contributed by atoms with Gasteiger partial charge in [0.15, 0.2) is 0 Å². The quantitative estimate of drug-likeness (QED) is 0.427. The summed E-state index contributed by atoms with van der Waals surface area (Å²) in [6.45, 7) is 8.79. The van der Waals surface area contributed by atoms with Gasteiger partial charge in [0.25, 0.3) is 0 Å². The molecule has 3 aliphatic rings. The van der Waals surface area contributed by atoms with Crippen molar-refractivity contribution in [3.63, 3.8) is 0 Å². The molecule has 3 aliphatic heterocycles. The molecule has 218 valence electrons. The van der Waals surface area contributed by atoms with E-state index in [2.05, 4.69) is 36.4 Å². The standard InChI is InChI=1S/C31H39FN6O3/c1-4-24-27(18-23-11-12-25-26(32)9-6-10-28(25)41-23)34-31(40-20-22-8-7-15-36(22)3)35-30(24)37-16-17-38(29(39)5-2)21(19-37)13-14-33/h5-6,9-10,21-23H,2,4,7-8,11-13,15-20H2,1,3H3/t21?,22?,23-/m0/s1. The number of amides is 1. The molecule has 0 bridgehead atoms. The summed E-state index contributed by atoms with van der Waals surface area (Å²) >= 11 is 0. The summed E-state index contributed by atoms with van der Waals surface area (Å²) in [5, 5.41) is 9.48. The van der Waals surface area contributed by atoms with Gasteiger partial charge in [-0.2, -0.15) is 15.2 Å². The summed E-state index contributed by atoms with van der Waals surface area (Å²) in [6, 6.07) is 7.58. The van der Waals surface area contributed by atoms with Crippen molar-refractivity contribution in [1.29, 1.82) is 5.26 Å². The molecule has 10 heteroatoms. The van der Waals surface area contributed by atoms with Gasteiger partial charge in [-0.15, -0.1) is 0 Å². The first-order chi connectivity index (χ1) is 19.9. The zero-order valence-corrected chi connectivity index (χ0v) is 24.0. The average molecular weight is 563 g/mol. The maximum Gasteiger partial charge on any atom is 0.318 e. The Morgan fingerprint density at radius 1 is 1.27 bits per heavy atom. The number of likely N-dealkylation sites (tertiary alicyclic amines) is 1. The second kappa shape index (κ2) is 12.9. The molecule has 41 heavy (non-hydrogen) atoms. The van der Waals surface area contributed by atoms with Gasteiger partial charge < -0.3 is 24.2 Å². The SMILES string of the molecule is C=CC(=O)N1CCN(c2nc(OCC3CCCN3C)nc(C[C@@H]3CCc4c(F)cccc4O3)c2CC)CC1CC#N. The highest BCUT2D eigenvalue weighted by Gasteiger charge is 2.33. The summed E-state index contributed by atoms with van der Waals surface area (Å²) < 4.78 is 26.8. The zero-order valence-electron chi connectivity index (χ0n) is 24.0. The number of likely N-dealkylation sites (N-methyl/N-ethyl adjacent to an activating group) is 1. The highest BCUT2D eigenvalue weighted by Crippen LogP contribution is 2.33. The van der Waals surface area contributed by atoms with E-state index >= 15 is 0 Å². The summed E-state index contributed by atoms with van der Waals surface area (Å²) in [5.74, 6) is 0.979. The lowest BCUT2D eigenvalue weighted by atomic mass is 9.97. The second-order valence-corrected chi connectivity index (χ2v) is 11.1. The van der Waals surface area contributed by atoms with E-state index in [1.807, 2.05) is 6.07 Å². The largest absolute Gasteiger partial charge is 0.490 e. The third-order valence-corrected chi connectivity index (χ3v) is 8.55. The number of hydrogen-bond donors (Lipinski definition) is 0. The molecular formula is C31H39FN6O3. The van der Waals surface area contributed by atoms with Gasteiger partial charge in [0.2, 0.25) is 5.91 Å². The van der Waals surface area contributed by atoms with Gasteiger partial charge in [-0.05, 0) is 63.9 Å². The van der Waals surface area contributed by atoms with Crippen LogP contribution in [0.1, 0.15) is 49.4 Å². The molecular weight excluding hydrogens is 523 g/mol. The molecule has 2 fully saturated rings. The Hall–Kier alpha value is -3.71. The maximum absolute atomic E-state index is 14.3. The van der Waals surface area contributed by atoms with Crippen LogP contribution in [0.2, 0.25) is 0 Å². The van der Waals surface area contributed by atoms with Gasteiger partial charge in [0, 0.05) is 43.2 Å². The Balaban J connectivity index is 1.44. The number of hydrogen-bond acceptors (Lipinski definition) is 8. The van der Waals surface area contributed by atoms with Crippen molar-refractivity contribution < 1.29 is 18.7 Å². The molecule has 1 aromatic carbocycles. The molecule has 0 N–H and O–H groups in total. The van der Waals surface area contributed by atoms with Gasteiger partial charge in [-0.25, -0.2) is 4.39 Å². The van der Waals surface area contributed by atoms with Crippen LogP contribution in [0.4, 0.5) is 10.2 Å². The molecule has 3 atom stereocenters. The van der Waals surface area contributed by atoms with E-state index in [0.717, 1.165) is 36.5 Å². The third-order valence-electron chi connectivity index (χ3n) is 8.55. The lowest BCUT2D eigenvalue weighted by molar-refractivity contribution is -0.128. The molecule has 0 spiro atoms. The van der Waals surface area contributed by atoms with Gasteiger partial charge in [-0.1, -0.05) is 19.6 Å². The fourth-order valence-corrected chi connectivity index (χ4v) is 6.24. The number of benzene rings is 1. The molecule has 0 aliphatic carbocycles. The van der Waals surface area contributed by atoms with E-state index in [1.54, 1.807) is 11.0 Å². The Bertz CT molecular complexity index is 1310. The normalized spacial score (nSPS) is 22.5. The van der Waals surface area contributed by atoms with E-state index in [1.165, 1.54) is 12.1 Å². The fourth-order valence-electron chi connectivity index (χ4n) is 6.24. The highest BCUT2D eigenvalue weighted by molar-refractivity contribution is 5.87. The van der Waals surface area contributed by atoms with Crippen LogP contribution in [-0.2, 0) is 24.1 Å². The van der Waals surface area contributed by atoms with Crippen LogP contribution in [0, 0.1) is 17.1 Å². The van der Waals surface area contributed by atoms with Crippen LogP contribution in [-0.4, -0.2) is 83.7 Å². The predicted molar refractivity (Wildman–Crippen MR) is 154 cm³/mol. The minimum atomic E-state index is -0.271. The van der Waals surface area contributed by atoms with Crippen LogP contribution >= 0.6 is 0 Å². The summed E-state index contributed by atoms with van der Waals surface area (Å²) in [7, 11) is 2.11. The number of nitrogens with zero attached hydrogens (tertiary/aromatic N) is 6. The first kappa shape index (κ1) is 28.8. The molecule has 0 saturated carbocycles. The molecule has 2 saturated heterocycles. The first-order valence-corrected chi connectivity index (χ1v) is 14.6. The number of halogens is 1. The summed E-state index contributed by atoms with van der Waals surface area (Å²) in [6.07, 6.45) is 6.13. The number of carbonyl (C=O) groups excluding carboxylic acids is 1. The molecule has 2 unspecified atom stereocenters. The Labute approximate surface area is 241 Å². The minimum absolute atomic E-state index is 0.153.